The molecule has 0 unspecified atom stereocenters. The summed E-state index contributed by atoms with van der Waals surface area (Å²) < 4.78 is 0. The van der Waals surface area contributed by atoms with Gasteiger partial charge in [-0.05, 0) is 90.0 Å². The van der Waals surface area contributed by atoms with Gasteiger partial charge in [-0.1, -0.05) is 121 Å². The van der Waals surface area contributed by atoms with Crippen molar-refractivity contribution in [3.63, 3.8) is 0 Å². The Morgan fingerprint density at radius 1 is 0.297 bits per heavy atom. The zero-order valence-corrected chi connectivity index (χ0v) is 20.4. The lowest BCUT2D eigenvalue weighted by Gasteiger charge is -2.34. The maximum atomic E-state index is 2.44. The zero-order valence-electron chi connectivity index (χ0n) is 20.4. The molecule has 0 amide bonds. The van der Waals surface area contributed by atoms with Gasteiger partial charge in [0.25, 0.3) is 0 Å². The number of hydrogen-bond donors (Lipinski definition) is 0. The van der Waals surface area contributed by atoms with Gasteiger partial charge in [0.05, 0.1) is 5.41 Å². The fourth-order valence-corrected chi connectivity index (χ4v) is 6.60. The Morgan fingerprint density at radius 3 is 1.35 bits per heavy atom. The van der Waals surface area contributed by atoms with E-state index in [9.17, 15) is 0 Å². The highest BCUT2D eigenvalue weighted by molar-refractivity contribution is 5.97. The third kappa shape index (κ3) is 2.84. The van der Waals surface area contributed by atoms with Crippen molar-refractivity contribution in [3.05, 3.63) is 168 Å². The maximum absolute atomic E-state index is 2.44. The minimum atomic E-state index is -0.413. The highest BCUT2D eigenvalue weighted by Crippen LogP contribution is 2.57. The molecular weight excluding hydrogens is 444 g/mol. The summed E-state index contributed by atoms with van der Waals surface area (Å²) in [6, 6.07) is 54.0. The Hall–Kier alpha value is -4.68. The number of rotatable bonds is 2. The van der Waals surface area contributed by atoms with Gasteiger partial charge in [-0.15, -0.1) is 0 Å². The van der Waals surface area contributed by atoms with Crippen LogP contribution in [0.3, 0.4) is 0 Å². The van der Waals surface area contributed by atoms with Crippen LogP contribution in [-0.4, -0.2) is 0 Å². The van der Waals surface area contributed by atoms with Crippen molar-refractivity contribution in [2.24, 2.45) is 0 Å². The molecule has 0 aliphatic heterocycles. The average Bonchev–Trinajstić information content (AvgIpc) is 3.25. The Balaban J connectivity index is 1.56. The van der Waals surface area contributed by atoms with E-state index in [1.165, 1.54) is 65.7 Å². The molecule has 0 heterocycles. The molecule has 0 aromatic heterocycles. The summed E-state index contributed by atoms with van der Waals surface area (Å²) in [6.45, 7) is 0. The molecule has 0 atom stereocenters. The van der Waals surface area contributed by atoms with Crippen molar-refractivity contribution in [1.29, 1.82) is 0 Å². The van der Waals surface area contributed by atoms with E-state index in [0.29, 0.717) is 0 Å². The lowest BCUT2D eigenvalue weighted by atomic mass is 9.67. The first-order valence-electron chi connectivity index (χ1n) is 12.9. The average molecular weight is 469 g/mol. The van der Waals surface area contributed by atoms with E-state index in [0.717, 1.165) is 0 Å². The lowest BCUT2D eigenvalue weighted by molar-refractivity contribution is 0.772. The van der Waals surface area contributed by atoms with E-state index in [1.807, 2.05) is 0 Å². The van der Waals surface area contributed by atoms with E-state index in [-0.39, 0.29) is 0 Å². The van der Waals surface area contributed by atoms with Gasteiger partial charge in [-0.3, -0.25) is 0 Å². The largest absolute Gasteiger partial charge is 0.0714 e. The van der Waals surface area contributed by atoms with Gasteiger partial charge in [0.15, 0.2) is 0 Å². The molecule has 0 nitrogen and oxygen atoms in total. The highest BCUT2D eigenvalue weighted by Gasteiger charge is 2.46. The van der Waals surface area contributed by atoms with Crippen LogP contribution in [0.15, 0.2) is 146 Å². The van der Waals surface area contributed by atoms with Crippen molar-refractivity contribution in [2.45, 2.75) is 5.41 Å². The molecule has 0 N–H and O–H groups in total. The normalized spacial score (nSPS) is 13.6. The van der Waals surface area contributed by atoms with Gasteiger partial charge in [0, 0.05) is 0 Å². The van der Waals surface area contributed by atoms with Gasteiger partial charge in [0.2, 0.25) is 0 Å². The lowest BCUT2D eigenvalue weighted by Crippen LogP contribution is -2.28. The Kier molecular flexibility index (Phi) is 4.24. The van der Waals surface area contributed by atoms with E-state index >= 15 is 0 Å². The van der Waals surface area contributed by atoms with Crippen molar-refractivity contribution in [2.75, 3.05) is 0 Å². The van der Waals surface area contributed by atoms with E-state index < -0.39 is 5.41 Å². The Labute approximate surface area is 216 Å². The van der Waals surface area contributed by atoms with E-state index in [1.54, 1.807) is 0 Å². The minimum absolute atomic E-state index is 0.413. The summed E-state index contributed by atoms with van der Waals surface area (Å²) in [5, 5.41) is 7.64. The molecule has 172 valence electrons. The van der Waals surface area contributed by atoms with Crippen LogP contribution in [0.2, 0.25) is 0 Å². The number of benzene rings is 7. The first-order chi connectivity index (χ1) is 18.3. The van der Waals surface area contributed by atoms with Crippen molar-refractivity contribution in [1.82, 2.24) is 0 Å². The van der Waals surface area contributed by atoms with Crippen LogP contribution in [0.4, 0.5) is 0 Å². The number of fused-ring (bicyclic) bond motifs is 6. The van der Waals surface area contributed by atoms with Gasteiger partial charge in [-0.2, -0.15) is 0 Å². The number of hydrogen-bond acceptors (Lipinski definition) is 0. The predicted octanol–water partition coefficient (Wildman–Crippen LogP) is 9.51. The fourth-order valence-electron chi connectivity index (χ4n) is 6.60. The maximum Gasteiger partial charge on any atom is 0.0714 e. The van der Waals surface area contributed by atoms with Crippen LogP contribution in [0, 0.1) is 0 Å². The Morgan fingerprint density at radius 2 is 0.757 bits per heavy atom. The first-order valence-corrected chi connectivity index (χ1v) is 12.9. The molecule has 0 fully saturated rings. The summed E-state index contributed by atoms with van der Waals surface area (Å²) in [7, 11) is 0. The minimum Gasteiger partial charge on any atom is -0.0619 e. The molecule has 37 heavy (non-hydrogen) atoms. The predicted molar refractivity (Wildman–Crippen MR) is 156 cm³/mol. The van der Waals surface area contributed by atoms with Crippen molar-refractivity contribution < 1.29 is 0 Å². The van der Waals surface area contributed by atoms with Crippen LogP contribution in [0.5, 0.6) is 0 Å². The summed E-state index contributed by atoms with van der Waals surface area (Å²) in [6.07, 6.45) is 0. The molecule has 7 aromatic rings. The Bertz CT molecular complexity index is 1910. The van der Waals surface area contributed by atoms with Crippen LogP contribution in [0.25, 0.3) is 43.4 Å². The molecule has 8 rings (SSSR count). The van der Waals surface area contributed by atoms with Gasteiger partial charge < -0.3 is 0 Å². The second kappa shape index (κ2) is 7.66. The summed E-state index contributed by atoms with van der Waals surface area (Å²) in [5.74, 6) is 0. The van der Waals surface area contributed by atoms with Crippen LogP contribution in [0.1, 0.15) is 22.3 Å². The van der Waals surface area contributed by atoms with Crippen LogP contribution >= 0.6 is 0 Å². The molecule has 0 spiro atoms. The van der Waals surface area contributed by atoms with E-state index in [2.05, 4.69) is 146 Å². The highest BCUT2D eigenvalue weighted by atomic mass is 14.5. The fraction of sp³-hybridized carbons (Fsp3) is 0.0270. The monoisotopic (exact) mass is 468 g/mol. The molecule has 1 aliphatic carbocycles. The third-order valence-corrected chi connectivity index (χ3v) is 8.28. The molecule has 1 aliphatic rings. The SMILES string of the molecule is c1ccc2c(c1)-c1cc3ccccc3cc1C2(c1ccc2ccccc2c1)c1ccc2ccccc2c1. The standard InChI is InChI=1S/C37H24/c1-3-11-27-21-31(19-17-25(27)9-1)37(32-20-18-26-10-2-4-12-28(26)22-32)35-16-8-7-15-33(35)34-23-29-13-5-6-14-30(29)24-36(34)37/h1-24H. The van der Waals surface area contributed by atoms with Crippen LogP contribution < -0.4 is 0 Å². The quantitative estimate of drug-likeness (QED) is 0.237. The summed E-state index contributed by atoms with van der Waals surface area (Å²) in [5.41, 5.74) is 7.57. The summed E-state index contributed by atoms with van der Waals surface area (Å²) >= 11 is 0. The topological polar surface area (TPSA) is 0 Å². The van der Waals surface area contributed by atoms with Crippen molar-refractivity contribution in [3.8, 4) is 11.1 Å². The summed E-state index contributed by atoms with van der Waals surface area (Å²) in [4.78, 5) is 0. The second-order valence-electron chi connectivity index (χ2n) is 10.2. The van der Waals surface area contributed by atoms with Crippen molar-refractivity contribution >= 4 is 32.3 Å². The second-order valence-corrected chi connectivity index (χ2v) is 10.2. The van der Waals surface area contributed by atoms with Crippen LogP contribution in [-0.2, 0) is 5.41 Å². The third-order valence-electron chi connectivity index (χ3n) is 8.28. The molecule has 0 saturated carbocycles. The zero-order chi connectivity index (χ0) is 24.4. The van der Waals surface area contributed by atoms with E-state index in [4.69, 9.17) is 0 Å². The molecule has 0 radical (unpaired) electrons. The molecular formula is C37H24. The van der Waals surface area contributed by atoms with Gasteiger partial charge in [-0.25, -0.2) is 0 Å². The molecule has 0 heteroatoms. The smallest absolute Gasteiger partial charge is 0.0619 e. The van der Waals surface area contributed by atoms with Gasteiger partial charge in [0.1, 0.15) is 0 Å². The van der Waals surface area contributed by atoms with Gasteiger partial charge >= 0.3 is 0 Å². The molecule has 7 aromatic carbocycles. The first kappa shape index (κ1) is 20.5. The molecule has 0 bridgehead atoms. The molecule has 0 saturated heterocycles.